The van der Waals surface area contributed by atoms with Crippen LogP contribution in [0.4, 0.5) is 5.69 Å². The number of aryl methyl sites for hydroxylation is 1. The summed E-state index contributed by atoms with van der Waals surface area (Å²) in [6.07, 6.45) is -2.31. The molecule has 1 aromatic heterocycles. The second kappa shape index (κ2) is 9.16. The number of carbonyl (C=O) groups is 2. The maximum atomic E-state index is 12.7. The standard InChI is InChI=1S/C22H22N4O6/c1-13-2-4-15(5-3-13)21(29)26-10-11-31-17(12-26)18(27)20(28)23-16-8-6-14(7-9-16)19-24-22(30)32-25-19/h2-9,17-18,27H,10-12H2,1H3,(H,23,28)(H,24,25,30). The minimum atomic E-state index is -1.46. The Hall–Kier alpha value is -3.76. The highest BCUT2D eigenvalue weighted by Crippen LogP contribution is 2.19. The summed E-state index contributed by atoms with van der Waals surface area (Å²) in [5.41, 5.74) is 2.63. The zero-order valence-corrected chi connectivity index (χ0v) is 17.3. The van der Waals surface area contributed by atoms with Crippen molar-refractivity contribution in [3.63, 3.8) is 0 Å². The van der Waals surface area contributed by atoms with Gasteiger partial charge in [0.25, 0.3) is 11.8 Å². The summed E-state index contributed by atoms with van der Waals surface area (Å²) in [4.78, 5) is 40.3. The Morgan fingerprint density at radius 3 is 2.56 bits per heavy atom. The SMILES string of the molecule is Cc1ccc(C(=O)N2CCOC(C(O)C(=O)Nc3ccc(-c4noc(=O)[nH]4)cc3)C2)cc1. The zero-order valence-electron chi connectivity index (χ0n) is 17.3. The van der Waals surface area contributed by atoms with Crippen LogP contribution in [-0.2, 0) is 9.53 Å². The Kier molecular flexibility index (Phi) is 6.15. The van der Waals surface area contributed by atoms with E-state index in [0.717, 1.165) is 5.56 Å². The number of rotatable bonds is 5. The number of aromatic amines is 1. The number of nitrogens with one attached hydrogen (secondary N) is 2. The third-order valence-corrected chi connectivity index (χ3v) is 5.17. The molecule has 1 fully saturated rings. The second-order valence-corrected chi connectivity index (χ2v) is 7.48. The summed E-state index contributed by atoms with van der Waals surface area (Å²) in [6, 6.07) is 13.7. The average molecular weight is 438 g/mol. The molecule has 1 aliphatic heterocycles. The molecule has 2 amide bonds. The number of anilines is 1. The van der Waals surface area contributed by atoms with Gasteiger partial charge in [0, 0.05) is 23.4 Å². The van der Waals surface area contributed by atoms with E-state index in [1.807, 2.05) is 19.1 Å². The lowest BCUT2D eigenvalue weighted by Gasteiger charge is -2.34. The molecule has 2 heterocycles. The van der Waals surface area contributed by atoms with Crippen LogP contribution >= 0.6 is 0 Å². The third kappa shape index (κ3) is 4.76. The number of hydrogen-bond acceptors (Lipinski definition) is 7. The van der Waals surface area contributed by atoms with E-state index in [1.165, 1.54) is 0 Å². The van der Waals surface area contributed by atoms with Gasteiger partial charge in [0.05, 0.1) is 13.2 Å². The fraction of sp³-hybridized carbons (Fsp3) is 0.273. The predicted octanol–water partition coefficient (Wildman–Crippen LogP) is 1.18. The average Bonchev–Trinajstić information content (AvgIpc) is 3.25. The molecule has 2 aromatic carbocycles. The molecule has 4 rings (SSSR count). The quantitative estimate of drug-likeness (QED) is 0.544. The molecule has 1 aliphatic rings. The smallest absolute Gasteiger partial charge is 0.380 e. The van der Waals surface area contributed by atoms with Crippen molar-refractivity contribution in [2.24, 2.45) is 0 Å². The maximum Gasteiger partial charge on any atom is 0.439 e. The van der Waals surface area contributed by atoms with Gasteiger partial charge in [0.15, 0.2) is 11.9 Å². The Bertz CT molecular complexity index is 1150. The van der Waals surface area contributed by atoms with E-state index < -0.39 is 23.9 Å². The number of aliphatic hydroxyl groups excluding tert-OH is 1. The lowest BCUT2D eigenvalue weighted by molar-refractivity contribution is -0.137. The molecule has 32 heavy (non-hydrogen) atoms. The number of morpholine rings is 1. The summed E-state index contributed by atoms with van der Waals surface area (Å²) >= 11 is 0. The Balaban J connectivity index is 1.37. The van der Waals surface area contributed by atoms with Crippen molar-refractivity contribution in [1.82, 2.24) is 15.0 Å². The van der Waals surface area contributed by atoms with Crippen LogP contribution in [0.15, 0.2) is 57.8 Å². The first kappa shape index (κ1) is 21.5. The molecule has 10 heteroatoms. The molecule has 166 valence electrons. The maximum absolute atomic E-state index is 12.7. The first-order valence-electron chi connectivity index (χ1n) is 10.0. The second-order valence-electron chi connectivity index (χ2n) is 7.48. The van der Waals surface area contributed by atoms with E-state index >= 15 is 0 Å². The minimum Gasteiger partial charge on any atom is -0.380 e. The molecule has 0 aliphatic carbocycles. The number of ether oxygens (including phenoxy) is 1. The lowest BCUT2D eigenvalue weighted by atomic mass is 10.1. The van der Waals surface area contributed by atoms with Crippen LogP contribution in [0, 0.1) is 6.92 Å². The van der Waals surface area contributed by atoms with E-state index in [0.29, 0.717) is 23.4 Å². The number of nitrogens with zero attached hydrogens (tertiary/aromatic N) is 2. The molecule has 2 atom stereocenters. The summed E-state index contributed by atoms with van der Waals surface area (Å²) < 4.78 is 10.0. The fourth-order valence-corrected chi connectivity index (χ4v) is 3.38. The molecule has 0 bridgehead atoms. The van der Waals surface area contributed by atoms with Gasteiger partial charge in [-0.05, 0) is 43.3 Å². The number of aliphatic hydroxyl groups is 1. The van der Waals surface area contributed by atoms with Crippen LogP contribution in [-0.4, -0.2) is 63.9 Å². The summed E-state index contributed by atoms with van der Waals surface area (Å²) in [6.45, 7) is 2.64. The van der Waals surface area contributed by atoms with Crippen molar-refractivity contribution >= 4 is 17.5 Å². The van der Waals surface area contributed by atoms with Crippen molar-refractivity contribution in [2.75, 3.05) is 25.0 Å². The van der Waals surface area contributed by atoms with Crippen LogP contribution in [0.25, 0.3) is 11.4 Å². The van der Waals surface area contributed by atoms with Gasteiger partial charge in [-0.25, -0.2) is 4.79 Å². The van der Waals surface area contributed by atoms with Gasteiger partial charge in [0.2, 0.25) is 0 Å². The largest absolute Gasteiger partial charge is 0.439 e. The fourth-order valence-electron chi connectivity index (χ4n) is 3.38. The van der Waals surface area contributed by atoms with E-state index in [1.54, 1.807) is 41.3 Å². The predicted molar refractivity (Wildman–Crippen MR) is 114 cm³/mol. The Morgan fingerprint density at radius 1 is 1.19 bits per heavy atom. The van der Waals surface area contributed by atoms with E-state index in [-0.39, 0.29) is 24.9 Å². The highest BCUT2D eigenvalue weighted by molar-refractivity contribution is 5.96. The van der Waals surface area contributed by atoms with Gasteiger partial charge < -0.3 is 20.1 Å². The van der Waals surface area contributed by atoms with Gasteiger partial charge in [-0.1, -0.05) is 22.9 Å². The normalized spacial score (nSPS) is 17.1. The number of benzene rings is 2. The molecule has 0 radical (unpaired) electrons. The monoisotopic (exact) mass is 438 g/mol. The first-order chi connectivity index (χ1) is 15.4. The van der Waals surface area contributed by atoms with Gasteiger partial charge in [-0.15, -0.1) is 0 Å². The van der Waals surface area contributed by atoms with Gasteiger partial charge in [-0.2, -0.15) is 0 Å². The zero-order chi connectivity index (χ0) is 22.7. The van der Waals surface area contributed by atoms with Crippen LogP contribution in [0.2, 0.25) is 0 Å². The molecule has 10 nitrogen and oxygen atoms in total. The molecule has 3 aromatic rings. The third-order valence-electron chi connectivity index (χ3n) is 5.17. The Labute approximate surface area is 182 Å². The Morgan fingerprint density at radius 2 is 1.91 bits per heavy atom. The van der Waals surface area contributed by atoms with Crippen LogP contribution in [0.5, 0.6) is 0 Å². The van der Waals surface area contributed by atoms with Gasteiger partial charge in [0.1, 0.15) is 6.10 Å². The van der Waals surface area contributed by atoms with E-state index in [2.05, 4.69) is 20.0 Å². The number of hydrogen-bond donors (Lipinski definition) is 3. The van der Waals surface area contributed by atoms with E-state index in [9.17, 15) is 19.5 Å². The number of amides is 2. The first-order valence-corrected chi connectivity index (χ1v) is 10.0. The molecular weight excluding hydrogens is 416 g/mol. The highest BCUT2D eigenvalue weighted by atomic mass is 16.5. The molecule has 0 saturated carbocycles. The lowest BCUT2D eigenvalue weighted by Crippen LogP contribution is -2.52. The van der Waals surface area contributed by atoms with Crippen LogP contribution < -0.4 is 11.1 Å². The molecule has 3 N–H and O–H groups in total. The van der Waals surface area contributed by atoms with Gasteiger partial charge >= 0.3 is 5.76 Å². The summed E-state index contributed by atoms with van der Waals surface area (Å²) in [5, 5.41) is 16.7. The number of aromatic nitrogens is 2. The number of carbonyl (C=O) groups excluding carboxylic acids is 2. The summed E-state index contributed by atoms with van der Waals surface area (Å²) in [7, 11) is 0. The molecule has 1 saturated heterocycles. The topological polar surface area (TPSA) is 138 Å². The van der Waals surface area contributed by atoms with Crippen molar-refractivity contribution in [1.29, 1.82) is 0 Å². The number of H-pyrrole nitrogens is 1. The van der Waals surface area contributed by atoms with E-state index in [4.69, 9.17) is 4.74 Å². The van der Waals surface area contributed by atoms with Gasteiger partial charge in [-0.3, -0.25) is 19.1 Å². The molecule has 2 unspecified atom stereocenters. The minimum absolute atomic E-state index is 0.0970. The van der Waals surface area contributed by atoms with Crippen molar-refractivity contribution < 1.29 is 24.0 Å². The molecular formula is C22H22N4O6. The van der Waals surface area contributed by atoms with Crippen molar-refractivity contribution in [3.05, 3.63) is 70.2 Å². The molecule has 0 spiro atoms. The highest BCUT2D eigenvalue weighted by Gasteiger charge is 2.33. The van der Waals surface area contributed by atoms with Crippen molar-refractivity contribution in [2.45, 2.75) is 19.1 Å². The summed E-state index contributed by atoms with van der Waals surface area (Å²) in [5.74, 6) is -1.22. The van der Waals surface area contributed by atoms with Crippen LogP contribution in [0.3, 0.4) is 0 Å². The van der Waals surface area contributed by atoms with Crippen LogP contribution in [0.1, 0.15) is 15.9 Å². The van der Waals surface area contributed by atoms with Crippen molar-refractivity contribution in [3.8, 4) is 11.4 Å².